The Morgan fingerprint density at radius 3 is 1.55 bits per heavy atom. The van der Waals surface area contributed by atoms with Crippen molar-refractivity contribution in [2.45, 2.75) is 0 Å². The molecule has 1 N–H and O–H groups in total. The third-order valence-electron chi connectivity index (χ3n) is 6.66. The van der Waals surface area contributed by atoms with Crippen molar-refractivity contribution in [3.05, 3.63) is 121 Å². The standard InChI is InChI=1S/C31H29N3O2P.ClH/c1-5-13-25(14-6-1)32-31-33-29(30(36-31)34-21-23-35-24-22-34)37(26-15-7-2-8-16-26,27-17-9-3-10-18-27)28-19-11-4-12-20-28;/h1-20H,21-24H2,(H,32,33);1H/q+1;/p-1. The number of ether oxygens (including phenoxy) is 1. The van der Waals surface area contributed by atoms with Crippen LogP contribution in [0.2, 0.25) is 0 Å². The Hall–Kier alpha value is -3.63. The number of anilines is 3. The summed E-state index contributed by atoms with van der Waals surface area (Å²) >= 11 is 0. The Morgan fingerprint density at radius 2 is 1.08 bits per heavy atom. The van der Waals surface area contributed by atoms with Crippen LogP contribution in [0, 0.1) is 0 Å². The highest BCUT2D eigenvalue weighted by molar-refractivity contribution is 8.01. The van der Waals surface area contributed by atoms with Gasteiger partial charge in [0.1, 0.15) is 15.9 Å². The molecule has 0 spiro atoms. The topological polar surface area (TPSA) is 50.5 Å². The minimum atomic E-state index is -2.42. The van der Waals surface area contributed by atoms with E-state index in [2.05, 4.69) is 101 Å². The van der Waals surface area contributed by atoms with Crippen LogP contribution in [-0.4, -0.2) is 31.3 Å². The maximum Gasteiger partial charge on any atom is 0.304 e. The Balaban J connectivity index is 0.00000294. The molecule has 0 radical (unpaired) electrons. The van der Waals surface area contributed by atoms with Gasteiger partial charge in [0, 0.05) is 18.8 Å². The predicted octanol–water partition coefficient (Wildman–Crippen LogP) is 1.88. The van der Waals surface area contributed by atoms with Crippen LogP contribution in [0.5, 0.6) is 0 Å². The van der Waals surface area contributed by atoms with Crippen LogP contribution >= 0.6 is 7.26 Å². The predicted molar refractivity (Wildman–Crippen MR) is 154 cm³/mol. The zero-order chi connectivity index (χ0) is 24.9. The summed E-state index contributed by atoms with van der Waals surface area (Å²) in [5, 5.41) is 7.12. The van der Waals surface area contributed by atoms with Crippen molar-refractivity contribution in [2.24, 2.45) is 0 Å². The summed E-state index contributed by atoms with van der Waals surface area (Å²) in [7, 11) is -2.42. The van der Waals surface area contributed by atoms with E-state index in [1.165, 1.54) is 15.9 Å². The molecule has 5 nitrogen and oxygen atoms in total. The number of morpholine rings is 1. The molecule has 0 amide bonds. The fourth-order valence-corrected chi connectivity index (χ4v) is 9.16. The van der Waals surface area contributed by atoms with Gasteiger partial charge in [-0.1, -0.05) is 72.8 Å². The fraction of sp³-hybridized carbons (Fsp3) is 0.129. The molecule has 6 rings (SSSR count). The maximum absolute atomic E-state index is 6.60. The second-order valence-corrected chi connectivity index (χ2v) is 12.2. The number of nitrogens with one attached hydrogen (secondary N) is 1. The number of hydrogen-bond acceptors (Lipinski definition) is 5. The normalized spacial score (nSPS) is 13.5. The fourth-order valence-electron chi connectivity index (χ4n) is 4.96. The minimum absolute atomic E-state index is 0. The summed E-state index contributed by atoms with van der Waals surface area (Å²) in [6.07, 6.45) is 0. The van der Waals surface area contributed by atoms with E-state index in [1.807, 2.05) is 30.3 Å². The van der Waals surface area contributed by atoms with Gasteiger partial charge in [0.2, 0.25) is 0 Å². The number of hydrogen-bond donors (Lipinski definition) is 1. The van der Waals surface area contributed by atoms with Gasteiger partial charge in [0.15, 0.2) is 7.26 Å². The second kappa shape index (κ2) is 11.8. The van der Waals surface area contributed by atoms with E-state index in [0.29, 0.717) is 19.2 Å². The molecule has 0 saturated carbocycles. The largest absolute Gasteiger partial charge is 1.00 e. The molecule has 5 aromatic rings. The zero-order valence-electron chi connectivity index (χ0n) is 20.9. The smallest absolute Gasteiger partial charge is 0.304 e. The first-order valence-electron chi connectivity index (χ1n) is 12.6. The first-order valence-corrected chi connectivity index (χ1v) is 14.4. The van der Waals surface area contributed by atoms with Gasteiger partial charge in [-0.15, -0.1) is 0 Å². The van der Waals surface area contributed by atoms with Crippen LogP contribution in [0.25, 0.3) is 0 Å². The van der Waals surface area contributed by atoms with E-state index in [4.69, 9.17) is 14.1 Å². The lowest BCUT2D eigenvalue weighted by Gasteiger charge is -2.30. The van der Waals surface area contributed by atoms with E-state index >= 15 is 0 Å². The lowest BCUT2D eigenvalue weighted by molar-refractivity contribution is -0.00000843. The van der Waals surface area contributed by atoms with Gasteiger partial charge in [-0.3, -0.25) is 0 Å². The average molecular weight is 542 g/mol. The van der Waals surface area contributed by atoms with Gasteiger partial charge in [0.05, 0.1) is 13.2 Å². The number of rotatable bonds is 7. The highest BCUT2D eigenvalue weighted by Crippen LogP contribution is 2.56. The molecule has 1 aliphatic rings. The van der Waals surface area contributed by atoms with E-state index in [-0.39, 0.29) is 12.4 Å². The number of benzene rings is 4. The molecule has 0 atom stereocenters. The molecule has 1 aliphatic heterocycles. The van der Waals surface area contributed by atoms with Crippen LogP contribution in [-0.2, 0) is 4.74 Å². The Morgan fingerprint density at radius 1 is 0.632 bits per heavy atom. The quantitative estimate of drug-likeness (QED) is 0.319. The first kappa shape index (κ1) is 26.0. The average Bonchev–Trinajstić information content (AvgIpc) is 3.40. The number of halogens is 1. The zero-order valence-corrected chi connectivity index (χ0v) is 22.6. The molecule has 4 aromatic carbocycles. The van der Waals surface area contributed by atoms with Crippen molar-refractivity contribution < 1.29 is 21.6 Å². The lowest BCUT2D eigenvalue weighted by Crippen LogP contribution is -3.00. The Labute approximate surface area is 230 Å². The number of nitrogens with zero attached hydrogens (tertiary/aromatic N) is 2. The third-order valence-corrected chi connectivity index (χ3v) is 10.8. The van der Waals surface area contributed by atoms with Crippen molar-refractivity contribution in [3.63, 3.8) is 0 Å². The highest BCUT2D eigenvalue weighted by Gasteiger charge is 2.53. The molecular weight excluding hydrogens is 513 g/mol. The number of oxazole rings is 1. The third kappa shape index (κ3) is 4.93. The van der Waals surface area contributed by atoms with Gasteiger partial charge in [-0.05, 0) is 48.5 Å². The van der Waals surface area contributed by atoms with Crippen LogP contribution in [0.4, 0.5) is 17.6 Å². The van der Waals surface area contributed by atoms with Crippen LogP contribution in [0.3, 0.4) is 0 Å². The molecular formula is C31H29ClN3O2P. The second-order valence-electron chi connectivity index (χ2n) is 8.92. The van der Waals surface area contributed by atoms with E-state index in [9.17, 15) is 0 Å². The molecule has 1 aromatic heterocycles. The molecule has 38 heavy (non-hydrogen) atoms. The van der Waals surface area contributed by atoms with Gasteiger partial charge >= 0.3 is 6.01 Å². The molecule has 192 valence electrons. The molecule has 1 saturated heterocycles. The van der Waals surface area contributed by atoms with Crippen LogP contribution in [0.1, 0.15) is 0 Å². The summed E-state index contributed by atoms with van der Waals surface area (Å²) < 4.78 is 12.3. The van der Waals surface area contributed by atoms with Gasteiger partial charge in [-0.25, -0.2) is 0 Å². The van der Waals surface area contributed by atoms with E-state index in [1.54, 1.807) is 0 Å². The monoisotopic (exact) mass is 541 g/mol. The van der Waals surface area contributed by atoms with E-state index in [0.717, 1.165) is 30.1 Å². The molecule has 7 heteroatoms. The summed E-state index contributed by atoms with van der Waals surface area (Å²) in [4.78, 5) is 7.55. The van der Waals surface area contributed by atoms with Crippen molar-refractivity contribution >= 4 is 46.2 Å². The first-order chi connectivity index (χ1) is 18.4. The van der Waals surface area contributed by atoms with Crippen molar-refractivity contribution in [1.29, 1.82) is 0 Å². The number of para-hydroxylation sites is 1. The molecule has 0 unspecified atom stereocenters. The van der Waals surface area contributed by atoms with E-state index < -0.39 is 7.26 Å². The van der Waals surface area contributed by atoms with Crippen LogP contribution < -0.4 is 44.0 Å². The maximum atomic E-state index is 6.60. The molecule has 0 bridgehead atoms. The van der Waals surface area contributed by atoms with Crippen molar-refractivity contribution in [2.75, 3.05) is 36.5 Å². The minimum Gasteiger partial charge on any atom is -1.00 e. The van der Waals surface area contributed by atoms with Gasteiger partial charge in [-0.2, -0.15) is 4.98 Å². The van der Waals surface area contributed by atoms with Gasteiger partial charge in [0.25, 0.3) is 11.3 Å². The molecule has 2 heterocycles. The molecule has 1 fully saturated rings. The van der Waals surface area contributed by atoms with Crippen LogP contribution in [0.15, 0.2) is 126 Å². The SMILES string of the molecule is [Cl-].c1ccc(Nc2nc([P+](c3ccccc3)(c3ccccc3)c3ccccc3)c(N3CCOCC3)o2)cc1. The van der Waals surface area contributed by atoms with Crippen molar-refractivity contribution in [1.82, 2.24) is 4.98 Å². The Kier molecular flexibility index (Phi) is 8.09. The summed E-state index contributed by atoms with van der Waals surface area (Å²) in [5.41, 5.74) is 1.91. The summed E-state index contributed by atoms with van der Waals surface area (Å²) in [6.45, 7) is 2.83. The van der Waals surface area contributed by atoms with Gasteiger partial charge < -0.3 is 31.8 Å². The lowest BCUT2D eigenvalue weighted by atomic mass is 10.3. The Bertz CT molecular complexity index is 1330. The number of aromatic nitrogens is 1. The molecule has 0 aliphatic carbocycles. The summed E-state index contributed by atoms with van der Waals surface area (Å²) in [6, 6.07) is 42.9. The highest BCUT2D eigenvalue weighted by atomic mass is 35.5. The van der Waals surface area contributed by atoms with Crippen molar-refractivity contribution in [3.8, 4) is 0 Å². The summed E-state index contributed by atoms with van der Waals surface area (Å²) in [5.74, 6) is 0.812.